The summed E-state index contributed by atoms with van der Waals surface area (Å²) in [7, 11) is 0. The number of allylic oxidation sites excluding steroid dienone is 1. The number of anilines is 1. The number of aliphatic imine (C=N–C) groups is 1. The average molecular weight is 266 g/mol. The molecular weight excluding hydrogens is 250 g/mol. The molecule has 0 radical (unpaired) electrons. The predicted molar refractivity (Wildman–Crippen MR) is 74.6 cm³/mol. The number of nitrogens with one attached hydrogen (secondary N) is 1. The number of halogens is 1. The lowest BCUT2D eigenvalue weighted by molar-refractivity contribution is 0.108. The van der Waals surface area contributed by atoms with Crippen LogP contribution < -0.4 is 11.1 Å². The molecular formula is C13H16ClN3O. The van der Waals surface area contributed by atoms with Gasteiger partial charge in [0.1, 0.15) is 12.1 Å². The van der Waals surface area contributed by atoms with Gasteiger partial charge in [-0.3, -0.25) is 0 Å². The average Bonchev–Trinajstić information content (AvgIpc) is 2.36. The standard InChI is InChI=1S/C13H16ClN3O/c1-13(7-2-8-16-11(13)15)12(18)17-10-5-3-9(14)4-6-10/h2-6,8,12,17-18H,7H2,1H3,(H2,15,16)/t12?,13-/m0/s1. The van der Waals surface area contributed by atoms with Crippen LogP contribution >= 0.6 is 11.6 Å². The van der Waals surface area contributed by atoms with E-state index in [-0.39, 0.29) is 0 Å². The second-order valence-electron chi connectivity index (χ2n) is 4.57. The van der Waals surface area contributed by atoms with Gasteiger partial charge in [-0.05, 0) is 37.6 Å². The van der Waals surface area contributed by atoms with Gasteiger partial charge in [-0.25, -0.2) is 4.99 Å². The summed E-state index contributed by atoms with van der Waals surface area (Å²) in [4.78, 5) is 4.05. The van der Waals surface area contributed by atoms with Gasteiger partial charge >= 0.3 is 0 Å². The molecule has 4 nitrogen and oxygen atoms in total. The summed E-state index contributed by atoms with van der Waals surface area (Å²) in [5.74, 6) is 0.430. The molecule has 0 saturated carbocycles. The van der Waals surface area contributed by atoms with Crippen LogP contribution in [-0.2, 0) is 0 Å². The van der Waals surface area contributed by atoms with E-state index in [1.807, 2.05) is 13.0 Å². The van der Waals surface area contributed by atoms with Crippen LogP contribution in [-0.4, -0.2) is 17.2 Å². The van der Waals surface area contributed by atoms with Crippen LogP contribution in [0.25, 0.3) is 0 Å². The number of amidine groups is 1. The number of aliphatic hydroxyl groups excluding tert-OH is 1. The number of benzene rings is 1. The summed E-state index contributed by atoms with van der Waals surface area (Å²) in [6, 6.07) is 7.14. The van der Waals surface area contributed by atoms with E-state index in [1.54, 1.807) is 30.5 Å². The number of nitrogens with zero attached hydrogens (tertiary/aromatic N) is 1. The van der Waals surface area contributed by atoms with Crippen LogP contribution in [0.5, 0.6) is 0 Å². The molecule has 1 aromatic carbocycles. The first-order valence-corrected chi connectivity index (χ1v) is 6.09. The Morgan fingerprint density at radius 3 is 2.72 bits per heavy atom. The lowest BCUT2D eigenvalue weighted by Crippen LogP contribution is -2.48. The minimum atomic E-state index is -0.813. The molecule has 0 bridgehead atoms. The quantitative estimate of drug-likeness (QED) is 0.735. The summed E-state index contributed by atoms with van der Waals surface area (Å²) in [6.45, 7) is 1.88. The largest absolute Gasteiger partial charge is 0.387 e. The van der Waals surface area contributed by atoms with Crippen molar-refractivity contribution in [3.05, 3.63) is 41.6 Å². The molecule has 1 aliphatic heterocycles. The second-order valence-corrected chi connectivity index (χ2v) is 5.01. The Bertz CT molecular complexity index is 484. The van der Waals surface area contributed by atoms with Crippen molar-refractivity contribution in [1.29, 1.82) is 0 Å². The molecule has 0 aliphatic carbocycles. The topological polar surface area (TPSA) is 70.6 Å². The van der Waals surface area contributed by atoms with Crippen LogP contribution in [0.4, 0.5) is 5.69 Å². The van der Waals surface area contributed by atoms with Crippen molar-refractivity contribution >= 4 is 23.1 Å². The first kappa shape index (κ1) is 12.9. The van der Waals surface area contributed by atoms with Gasteiger partial charge in [0.25, 0.3) is 0 Å². The van der Waals surface area contributed by atoms with Gasteiger partial charge in [0.15, 0.2) is 0 Å². The molecule has 0 amide bonds. The third-order valence-electron chi connectivity index (χ3n) is 3.20. The van der Waals surface area contributed by atoms with Gasteiger partial charge in [0.05, 0.1) is 5.41 Å². The fraction of sp³-hybridized carbons (Fsp3) is 0.308. The summed E-state index contributed by atoms with van der Waals surface area (Å²) in [6.07, 6.45) is 3.38. The third-order valence-corrected chi connectivity index (χ3v) is 3.45. The highest BCUT2D eigenvalue weighted by Crippen LogP contribution is 2.30. The van der Waals surface area contributed by atoms with Crippen LogP contribution in [0, 0.1) is 5.41 Å². The van der Waals surface area contributed by atoms with Gasteiger partial charge in [0.2, 0.25) is 0 Å². The van der Waals surface area contributed by atoms with Crippen LogP contribution in [0.3, 0.4) is 0 Å². The minimum Gasteiger partial charge on any atom is -0.387 e. The van der Waals surface area contributed by atoms with E-state index in [0.717, 1.165) is 5.69 Å². The lowest BCUT2D eigenvalue weighted by Gasteiger charge is -2.35. The lowest BCUT2D eigenvalue weighted by atomic mass is 9.82. The molecule has 18 heavy (non-hydrogen) atoms. The monoisotopic (exact) mass is 265 g/mol. The maximum atomic E-state index is 10.3. The Kier molecular flexibility index (Phi) is 3.59. The molecule has 0 aromatic heterocycles. The molecule has 0 fully saturated rings. The zero-order valence-electron chi connectivity index (χ0n) is 10.1. The first-order chi connectivity index (χ1) is 8.52. The molecule has 2 rings (SSSR count). The minimum absolute atomic E-state index is 0.430. The Balaban J connectivity index is 2.12. The van der Waals surface area contributed by atoms with E-state index in [9.17, 15) is 5.11 Å². The zero-order chi connectivity index (χ0) is 13.2. The molecule has 0 spiro atoms. The van der Waals surface area contributed by atoms with E-state index >= 15 is 0 Å². The highest BCUT2D eigenvalue weighted by Gasteiger charge is 2.37. The van der Waals surface area contributed by atoms with Crippen molar-refractivity contribution in [2.75, 3.05) is 5.32 Å². The predicted octanol–water partition coefficient (Wildman–Crippen LogP) is 2.35. The molecule has 1 heterocycles. The summed E-state index contributed by atoms with van der Waals surface area (Å²) >= 11 is 5.81. The van der Waals surface area contributed by atoms with Gasteiger partial charge in [-0.2, -0.15) is 0 Å². The Morgan fingerprint density at radius 2 is 2.11 bits per heavy atom. The molecule has 0 saturated heterocycles. The normalized spacial score (nSPS) is 24.5. The third kappa shape index (κ3) is 2.49. The van der Waals surface area contributed by atoms with E-state index in [1.165, 1.54) is 0 Å². The SMILES string of the molecule is C[C@]1(C(O)Nc2ccc(Cl)cc2)CC=CN=C1N. The Hall–Kier alpha value is -1.52. The van der Waals surface area contributed by atoms with Crippen LogP contribution in [0.1, 0.15) is 13.3 Å². The molecule has 1 aromatic rings. The van der Waals surface area contributed by atoms with Crippen molar-refractivity contribution in [1.82, 2.24) is 0 Å². The van der Waals surface area contributed by atoms with Crippen molar-refractivity contribution in [2.45, 2.75) is 19.6 Å². The summed E-state index contributed by atoms with van der Waals surface area (Å²) < 4.78 is 0. The fourth-order valence-electron chi connectivity index (χ4n) is 1.80. The second kappa shape index (κ2) is 5.00. The highest BCUT2D eigenvalue weighted by atomic mass is 35.5. The zero-order valence-corrected chi connectivity index (χ0v) is 10.9. The van der Waals surface area contributed by atoms with E-state index in [0.29, 0.717) is 17.3 Å². The number of hydrogen-bond acceptors (Lipinski definition) is 4. The van der Waals surface area contributed by atoms with Gasteiger partial charge in [-0.1, -0.05) is 17.7 Å². The van der Waals surface area contributed by atoms with Crippen molar-refractivity contribution in [2.24, 2.45) is 16.1 Å². The molecule has 2 atom stereocenters. The number of aliphatic hydroxyl groups is 1. The van der Waals surface area contributed by atoms with Crippen molar-refractivity contribution in [3.8, 4) is 0 Å². The van der Waals surface area contributed by atoms with Gasteiger partial charge in [0, 0.05) is 16.9 Å². The maximum Gasteiger partial charge on any atom is 0.137 e. The van der Waals surface area contributed by atoms with Crippen molar-refractivity contribution in [3.63, 3.8) is 0 Å². The smallest absolute Gasteiger partial charge is 0.137 e. The molecule has 1 aliphatic rings. The van der Waals surface area contributed by atoms with Gasteiger partial charge < -0.3 is 16.2 Å². The summed E-state index contributed by atoms with van der Waals surface area (Å²) in [5, 5.41) is 14.0. The first-order valence-electron chi connectivity index (χ1n) is 5.71. The molecule has 1 unspecified atom stereocenters. The molecule has 96 valence electrons. The number of nitrogens with two attached hydrogens (primary N) is 1. The van der Waals surface area contributed by atoms with Crippen molar-refractivity contribution < 1.29 is 5.11 Å². The van der Waals surface area contributed by atoms with Crippen LogP contribution in [0.2, 0.25) is 5.02 Å². The highest BCUT2D eigenvalue weighted by molar-refractivity contribution is 6.30. The Labute approximate surface area is 111 Å². The van der Waals surface area contributed by atoms with Gasteiger partial charge in [-0.15, -0.1) is 0 Å². The molecule has 5 heteroatoms. The number of rotatable bonds is 3. The number of hydrogen-bond donors (Lipinski definition) is 3. The van der Waals surface area contributed by atoms with E-state index < -0.39 is 11.6 Å². The van der Waals surface area contributed by atoms with E-state index in [2.05, 4.69) is 10.3 Å². The van der Waals surface area contributed by atoms with E-state index in [4.69, 9.17) is 17.3 Å². The molecule has 4 N–H and O–H groups in total. The van der Waals surface area contributed by atoms with Crippen LogP contribution in [0.15, 0.2) is 41.5 Å². The maximum absolute atomic E-state index is 10.3. The Morgan fingerprint density at radius 1 is 1.44 bits per heavy atom. The summed E-state index contributed by atoms with van der Waals surface area (Å²) in [5.41, 5.74) is 6.05. The fourth-order valence-corrected chi connectivity index (χ4v) is 1.92.